The number of nitrogens with one attached hydrogen (secondary N) is 3. The molecule has 1 atom stereocenters. The van der Waals surface area contributed by atoms with E-state index in [4.69, 9.17) is 16.3 Å². The summed E-state index contributed by atoms with van der Waals surface area (Å²) < 4.78 is 31.6. The molecular formula is C17H16ClN3O5S. The van der Waals surface area contributed by atoms with Crippen LogP contribution in [0.1, 0.15) is 17.3 Å². The lowest BCUT2D eigenvalue weighted by molar-refractivity contribution is -0.122. The smallest absolute Gasteiger partial charge is 0.265 e. The van der Waals surface area contributed by atoms with Crippen molar-refractivity contribution in [1.82, 2.24) is 4.72 Å². The van der Waals surface area contributed by atoms with E-state index in [2.05, 4.69) is 15.4 Å². The molecule has 2 aromatic rings. The van der Waals surface area contributed by atoms with Gasteiger partial charge < -0.3 is 15.4 Å². The van der Waals surface area contributed by atoms with Gasteiger partial charge in [-0.25, -0.2) is 13.1 Å². The first-order valence-electron chi connectivity index (χ1n) is 7.87. The molecular weight excluding hydrogens is 394 g/mol. The third-order valence-electron chi connectivity index (χ3n) is 3.92. The van der Waals surface area contributed by atoms with Crippen LogP contribution in [-0.4, -0.2) is 33.4 Å². The Labute approximate surface area is 160 Å². The summed E-state index contributed by atoms with van der Waals surface area (Å²) in [5.74, 6) is -0.324. The third kappa shape index (κ3) is 3.90. The Morgan fingerprint density at radius 2 is 1.96 bits per heavy atom. The zero-order valence-corrected chi connectivity index (χ0v) is 15.9. The van der Waals surface area contributed by atoms with Gasteiger partial charge in [-0.05, 0) is 50.4 Å². The molecule has 0 aromatic heterocycles. The molecule has 1 aliphatic rings. The van der Waals surface area contributed by atoms with Crippen LogP contribution >= 0.6 is 11.6 Å². The average molecular weight is 410 g/mol. The summed E-state index contributed by atoms with van der Waals surface area (Å²) in [6.07, 6.45) is -0.598. The molecule has 2 aromatic carbocycles. The fraction of sp³-hybridized carbons (Fsp3) is 0.176. The summed E-state index contributed by atoms with van der Waals surface area (Å²) >= 11 is 5.92. The molecule has 142 valence electrons. The summed E-state index contributed by atoms with van der Waals surface area (Å²) in [6.45, 7) is 1.63. The predicted octanol–water partition coefficient (Wildman–Crippen LogP) is 2.22. The Balaban J connectivity index is 1.85. The van der Waals surface area contributed by atoms with E-state index in [1.54, 1.807) is 25.1 Å². The third-order valence-corrected chi connectivity index (χ3v) is 5.82. The van der Waals surface area contributed by atoms with Gasteiger partial charge in [-0.1, -0.05) is 11.6 Å². The number of sulfonamides is 1. The zero-order chi connectivity index (χ0) is 19.8. The highest BCUT2D eigenvalue weighted by Gasteiger charge is 2.24. The van der Waals surface area contributed by atoms with Crippen molar-refractivity contribution >= 4 is 44.8 Å². The van der Waals surface area contributed by atoms with Gasteiger partial charge in [-0.15, -0.1) is 0 Å². The van der Waals surface area contributed by atoms with E-state index in [9.17, 15) is 18.0 Å². The van der Waals surface area contributed by atoms with Gasteiger partial charge in [0.25, 0.3) is 11.8 Å². The van der Waals surface area contributed by atoms with Crippen molar-refractivity contribution in [3.8, 4) is 5.75 Å². The predicted molar refractivity (Wildman–Crippen MR) is 101 cm³/mol. The van der Waals surface area contributed by atoms with E-state index >= 15 is 0 Å². The van der Waals surface area contributed by atoms with E-state index in [0.717, 1.165) is 0 Å². The molecule has 3 N–H and O–H groups in total. The molecule has 0 spiro atoms. The molecule has 0 saturated heterocycles. The van der Waals surface area contributed by atoms with Crippen LogP contribution in [0.15, 0.2) is 41.3 Å². The van der Waals surface area contributed by atoms with Crippen LogP contribution in [0.5, 0.6) is 5.75 Å². The van der Waals surface area contributed by atoms with E-state index in [1.807, 2.05) is 0 Å². The van der Waals surface area contributed by atoms with Gasteiger partial charge in [-0.2, -0.15) is 0 Å². The molecule has 10 heteroatoms. The number of anilines is 2. The second kappa shape index (κ2) is 7.18. The first-order valence-corrected chi connectivity index (χ1v) is 9.73. The van der Waals surface area contributed by atoms with Gasteiger partial charge >= 0.3 is 0 Å². The zero-order valence-electron chi connectivity index (χ0n) is 14.4. The first-order chi connectivity index (χ1) is 12.7. The van der Waals surface area contributed by atoms with E-state index in [-0.39, 0.29) is 21.4 Å². The van der Waals surface area contributed by atoms with Crippen LogP contribution in [0.2, 0.25) is 5.02 Å². The number of rotatable bonds is 4. The monoisotopic (exact) mass is 409 g/mol. The molecule has 2 amide bonds. The lowest BCUT2D eigenvalue weighted by Crippen LogP contribution is -2.34. The molecule has 0 saturated carbocycles. The standard InChI is InChI=1S/C17H16ClN3O5S/c1-9-16(22)21-13-8-11(4-6-14(13)26-9)20-17(23)10-3-5-12(18)15(7-10)27(24,25)19-2/h3-9,19H,1-2H3,(H,20,23)(H,21,22)/t9-/m1/s1. The van der Waals surface area contributed by atoms with Gasteiger partial charge in [-0.3, -0.25) is 9.59 Å². The number of benzene rings is 2. The number of hydrogen-bond donors (Lipinski definition) is 3. The summed E-state index contributed by atoms with van der Waals surface area (Å²) in [4.78, 5) is 24.0. The minimum Gasteiger partial charge on any atom is -0.479 e. The van der Waals surface area contributed by atoms with E-state index in [0.29, 0.717) is 17.1 Å². The molecule has 0 radical (unpaired) electrons. The topological polar surface area (TPSA) is 114 Å². The van der Waals surface area contributed by atoms with Crippen molar-refractivity contribution in [2.75, 3.05) is 17.7 Å². The van der Waals surface area contributed by atoms with Gasteiger partial charge in [0.15, 0.2) is 6.10 Å². The number of carbonyl (C=O) groups is 2. The molecule has 27 heavy (non-hydrogen) atoms. The SMILES string of the molecule is CNS(=O)(=O)c1cc(C(=O)Nc2ccc3c(c2)NC(=O)[C@@H](C)O3)ccc1Cl. The summed E-state index contributed by atoms with van der Waals surface area (Å²) in [7, 11) is -2.55. The molecule has 0 fully saturated rings. The molecule has 1 heterocycles. The van der Waals surface area contributed by atoms with Gasteiger partial charge in [0, 0.05) is 11.3 Å². The largest absolute Gasteiger partial charge is 0.479 e. The van der Waals surface area contributed by atoms with E-state index < -0.39 is 22.0 Å². The minimum atomic E-state index is -3.81. The van der Waals surface area contributed by atoms with Crippen molar-refractivity contribution in [3.05, 3.63) is 47.0 Å². The molecule has 0 bridgehead atoms. The number of ether oxygens (including phenoxy) is 1. The maximum absolute atomic E-state index is 12.5. The van der Waals surface area contributed by atoms with Crippen molar-refractivity contribution < 1.29 is 22.7 Å². The van der Waals surface area contributed by atoms with Crippen LogP contribution in [0, 0.1) is 0 Å². The van der Waals surface area contributed by atoms with Gasteiger partial charge in [0.2, 0.25) is 10.0 Å². The quantitative estimate of drug-likeness (QED) is 0.716. The van der Waals surface area contributed by atoms with Crippen LogP contribution in [0.4, 0.5) is 11.4 Å². The number of amides is 2. The maximum atomic E-state index is 12.5. The second-order valence-corrected chi connectivity index (χ2v) is 8.03. The molecule has 0 aliphatic carbocycles. The molecule has 3 rings (SSSR count). The van der Waals surface area contributed by atoms with Crippen molar-refractivity contribution in [3.63, 3.8) is 0 Å². The highest BCUT2D eigenvalue weighted by atomic mass is 35.5. The lowest BCUT2D eigenvalue weighted by Gasteiger charge is -2.23. The number of carbonyl (C=O) groups excluding carboxylic acids is 2. The van der Waals surface area contributed by atoms with Crippen LogP contribution < -0.4 is 20.1 Å². The molecule has 1 aliphatic heterocycles. The van der Waals surface area contributed by atoms with Crippen LogP contribution in [0.25, 0.3) is 0 Å². The molecule has 8 nitrogen and oxygen atoms in total. The Morgan fingerprint density at radius 1 is 1.22 bits per heavy atom. The van der Waals surface area contributed by atoms with Gasteiger partial charge in [0.1, 0.15) is 10.6 Å². The Morgan fingerprint density at radius 3 is 2.67 bits per heavy atom. The summed E-state index contributed by atoms with van der Waals surface area (Å²) in [5, 5.41) is 5.34. The summed E-state index contributed by atoms with van der Waals surface area (Å²) in [5.41, 5.74) is 0.954. The van der Waals surface area contributed by atoms with Crippen molar-refractivity contribution in [2.24, 2.45) is 0 Å². The highest BCUT2D eigenvalue weighted by Crippen LogP contribution is 2.32. The summed E-state index contributed by atoms with van der Waals surface area (Å²) in [6, 6.07) is 8.73. The second-order valence-electron chi connectivity index (χ2n) is 5.77. The number of fused-ring (bicyclic) bond motifs is 1. The molecule has 0 unspecified atom stereocenters. The lowest BCUT2D eigenvalue weighted by atomic mass is 10.2. The Bertz CT molecular complexity index is 1040. The van der Waals surface area contributed by atoms with E-state index in [1.165, 1.54) is 25.2 Å². The fourth-order valence-electron chi connectivity index (χ4n) is 2.45. The first kappa shape index (κ1) is 19.2. The average Bonchev–Trinajstić information content (AvgIpc) is 2.63. The van der Waals surface area contributed by atoms with Gasteiger partial charge in [0.05, 0.1) is 10.7 Å². The van der Waals surface area contributed by atoms with Crippen molar-refractivity contribution in [2.45, 2.75) is 17.9 Å². The minimum absolute atomic E-state index is 0.00339. The fourth-order valence-corrected chi connectivity index (χ4v) is 3.70. The maximum Gasteiger partial charge on any atom is 0.265 e. The van der Waals surface area contributed by atoms with Crippen LogP contribution in [-0.2, 0) is 14.8 Å². The normalized spacial score (nSPS) is 16.1. The van der Waals surface area contributed by atoms with Crippen molar-refractivity contribution in [1.29, 1.82) is 0 Å². The Hall–Kier alpha value is -2.62. The number of hydrogen-bond acceptors (Lipinski definition) is 5. The van der Waals surface area contributed by atoms with Crippen LogP contribution in [0.3, 0.4) is 0 Å². The number of halogens is 1. The Kier molecular flexibility index (Phi) is 5.09. The highest BCUT2D eigenvalue weighted by molar-refractivity contribution is 7.89.